The molecule has 0 atom stereocenters. The van der Waals surface area contributed by atoms with Crippen LogP contribution in [0.3, 0.4) is 0 Å². The number of aromatic nitrogens is 4. The molecule has 2 aromatic heterocycles. The molecule has 0 saturated carbocycles. The lowest BCUT2D eigenvalue weighted by Gasteiger charge is -2.17. The van der Waals surface area contributed by atoms with Gasteiger partial charge in [-0.25, -0.2) is 4.99 Å². The van der Waals surface area contributed by atoms with Crippen LogP contribution in [0.25, 0.3) is 0 Å². The van der Waals surface area contributed by atoms with Crippen LogP contribution in [0.1, 0.15) is 25.4 Å². The van der Waals surface area contributed by atoms with Crippen LogP contribution < -0.4 is 10.6 Å². The Morgan fingerprint density at radius 1 is 1.28 bits per heavy atom. The molecule has 1 amide bonds. The number of carbonyl (C=O) groups excluding carboxylic acids is 1. The Morgan fingerprint density at radius 2 is 2.10 bits per heavy atom. The van der Waals surface area contributed by atoms with Crippen LogP contribution in [0.15, 0.2) is 35.7 Å². The van der Waals surface area contributed by atoms with Gasteiger partial charge in [0.25, 0.3) is 0 Å². The van der Waals surface area contributed by atoms with Crippen molar-refractivity contribution in [3.05, 3.63) is 42.2 Å². The van der Waals surface area contributed by atoms with Crippen molar-refractivity contribution in [1.82, 2.24) is 35.3 Å². The number of rotatable bonds is 10. The SMILES string of the molecule is CCNC(=NCC(=O)N(C)CCc1ccccn1)NCCn1cnnc1CC.I. The van der Waals surface area contributed by atoms with Crippen LogP contribution in [-0.4, -0.2) is 69.7 Å². The van der Waals surface area contributed by atoms with E-state index in [-0.39, 0.29) is 36.4 Å². The second-order valence-corrected chi connectivity index (χ2v) is 6.30. The molecule has 0 bridgehead atoms. The highest BCUT2D eigenvalue weighted by molar-refractivity contribution is 14.0. The lowest BCUT2D eigenvalue weighted by molar-refractivity contribution is -0.128. The van der Waals surface area contributed by atoms with Gasteiger partial charge in [-0.2, -0.15) is 0 Å². The molecular weight excluding hydrogens is 483 g/mol. The zero-order valence-electron chi connectivity index (χ0n) is 17.3. The summed E-state index contributed by atoms with van der Waals surface area (Å²) in [6, 6.07) is 5.80. The van der Waals surface area contributed by atoms with Crippen molar-refractivity contribution >= 4 is 35.8 Å². The van der Waals surface area contributed by atoms with E-state index in [0.29, 0.717) is 19.0 Å². The minimum Gasteiger partial charge on any atom is -0.357 e. The molecule has 0 aliphatic rings. The standard InChI is InChI=1S/C19H30N8O.HI/c1-4-17-25-24-15-27(17)13-11-22-19(20-5-2)23-14-18(28)26(3)12-9-16-8-6-7-10-21-16;/h6-8,10,15H,4-5,9,11-14H2,1-3H3,(H2,20,22,23);1H. The lowest BCUT2D eigenvalue weighted by Crippen LogP contribution is -2.40. The number of nitrogens with zero attached hydrogens (tertiary/aromatic N) is 6. The van der Waals surface area contributed by atoms with Crippen molar-refractivity contribution < 1.29 is 4.79 Å². The summed E-state index contributed by atoms with van der Waals surface area (Å²) >= 11 is 0. The van der Waals surface area contributed by atoms with E-state index in [1.165, 1.54) is 0 Å². The third kappa shape index (κ3) is 8.75. The summed E-state index contributed by atoms with van der Waals surface area (Å²) in [5.41, 5.74) is 0.973. The van der Waals surface area contributed by atoms with Crippen LogP contribution in [0.5, 0.6) is 0 Å². The number of aryl methyl sites for hydroxylation is 1. The number of hydrogen-bond donors (Lipinski definition) is 2. The van der Waals surface area contributed by atoms with Gasteiger partial charge in [-0.05, 0) is 19.1 Å². The van der Waals surface area contributed by atoms with Gasteiger partial charge < -0.3 is 20.1 Å². The molecule has 0 radical (unpaired) electrons. The molecule has 0 saturated heterocycles. The molecule has 2 rings (SSSR count). The summed E-state index contributed by atoms with van der Waals surface area (Å²) in [7, 11) is 1.79. The van der Waals surface area contributed by atoms with Crippen molar-refractivity contribution in [2.24, 2.45) is 4.99 Å². The Hall–Kier alpha value is -2.24. The Morgan fingerprint density at radius 3 is 2.79 bits per heavy atom. The van der Waals surface area contributed by atoms with E-state index in [2.05, 4.69) is 37.7 Å². The molecule has 9 nitrogen and oxygen atoms in total. The summed E-state index contributed by atoms with van der Waals surface area (Å²) in [6.07, 6.45) is 5.06. The molecule has 0 fully saturated rings. The predicted octanol–water partition coefficient (Wildman–Crippen LogP) is 1.11. The Bertz CT molecular complexity index is 750. The van der Waals surface area contributed by atoms with E-state index in [0.717, 1.165) is 37.4 Å². The highest BCUT2D eigenvalue weighted by atomic mass is 127. The monoisotopic (exact) mass is 514 g/mol. The summed E-state index contributed by atoms with van der Waals surface area (Å²) in [6.45, 7) is 6.88. The molecule has 10 heteroatoms. The second-order valence-electron chi connectivity index (χ2n) is 6.30. The first-order valence-corrected chi connectivity index (χ1v) is 9.66. The quantitative estimate of drug-likeness (QED) is 0.280. The van der Waals surface area contributed by atoms with Crippen molar-refractivity contribution in [2.45, 2.75) is 33.2 Å². The van der Waals surface area contributed by atoms with Crippen molar-refractivity contribution in [1.29, 1.82) is 0 Å². The van der Waals surface area contributed by atoms with Gasteiger partial charge in [0.05, 0.1) is 0 Å². The van der Waals surface area contributed by atoms with Crippen LogP contribution >= 0.6 is 24.0 Å². The highest BCUT2D eigenvalue weighted by Gasteiger charge is 2.09. The van der Waals surface area contributed by atoms with Crippen molar-refractivity contribution in [2.75, 3.05) is 33.2 Å². The summed E-state index contributed by atoms with van der Waals surface area (Å²) < 4.78 is 2.01. The summed E-state index contributed by atoms with van der Waals surface area (Å²) in [5.74, 6) is 1.55. The number of hydrogen-bond acceptors (Lipinski definition) is 5. The smallest absolute Gasteiger partial charge is 0.244 e. The van der Waals surface area contributed by atoms with Gasteiger partial charge in [-0.3, -0.25) is 9.78 Å². The van der Waals surface area contributed by atoms with Gasteiger partial charge >= 0.3 is 0 Å². The fourth-order valence-corrected chi connectivity index (χ4v) is 2.60. The molecule has 0 aliphatic heterocycles. The fourth-order valence-electron chi connectivity index (χ4n) is 2.60. The Kier molecular flexibility index (Phi) is 11.8. The highest BCUT2D eigenvalue weighted by Crippen LogP contribution is 1.97. The van der Waals surface area contributed by atoms with E-state index in [9.17, 15) is 4.79 Å². The Balaban J connectivity index is 0.00000420. The number of amides is 1. The second kappa shape index (κ2) is 13.9. The van der Waals surface area contributed by atoms with Gasteiger partial charge in [-0.15, -0.1) is 34.2 Å². The molecule has 160 valence electrons. The van der Waals surface area contributed by atoms with Crippen LogP contribution in [0.2, 0.25) is 0 Å². The zero-order chi connectivity index (χ0) is 20.2. The van der Waals surface area contributed by atoms with E-state index in [1.54, 1.807) is 24.5 Å². The maximum Gasteiger partial charge on any atom is 0.244 e. The van der Waals surface area contributed by atoms with Crippen LogP contribution in [0, 0.1) is 0 Å². The largest absolute Gasteiger partial charge is 0.357 e. The molecule has 29 heavy (non-hydrogen) atoms. The van der Waals surface area contributed by atoms with E-state index in [1.807, 2.05) is 29.7 Å². The topological polar surface area (TPSA) is 100 Å². The first-order chi connectivity index (χ1) is 13.6. The Labute approximate surface area is 189 Å². The third-order valence-electron chi connectivity index (χ3n) is 4.23. The molecule has 0 spiro atoms. The first-order valence-electron chi connectivity index (χ1n) is 9.66. The lowest BCUT2D eigenvalue weighted by atomic mass is 10.2. The third-order valence-corrected chi connectivity index (χ3v) is 4.23. The summed E-state index contributed by atoms with van der Waals surface area (Å²) in [4.78, 5) is 22.7. The minimum absolute atomic E-state index is 0. The summed E-state index contributed by atoms with van der Waals surface area (Å²) in [5, 5.41) is 14.4. The van der Waals surface area contributed by atoms with Crippen molar-refractivity contribution in [3.8, 4) is 0 Å². The molecule has 0 unspecified atom stereocenters. The zero-order valence-corrected chi connectivity index (χ0v) is 19.7. The van der Waals surface area contributed by atoms with Crippen LogP contribution in [0.4, 0.5) is 0 Å². The number of guanidine groups is 1. The number of likely N-dealkylation sites (N-methyl/N-ethyl adjacent to an activating group) is 1. The van der Waals surface area contributed by atoms with Crippen LogP contribution in [-0.2, 0) is 24.2 Å². The number of carbonyl (C=O) groups is 1. The van der Waals surface area contributed by atoms with Gasteiger partial charge in [0.15, 0.2) is 5.96 Å². The molecular formula is C19H31IN8O. The number of nitrogens with one attached hydrogen (secondary N) is 2. The van der Waals surface area contributed by atoms with E-state index in [4.69, 9.17) is 0 Å². The molecule has 2 aromatic rings. The van der Waals surface area contributed by atoms with E-state index < -0.39 is 0 Å². The maximum absolute atomic E-state index is 12.3. The van der Waals surface area contributed by atoms with Gasteiger partial charge in [0, 0.05) is 58.0 Å². The van der Waals surface area contributed by atoms with Gasteiger partial charge in [-0.1, -0.05) is 13.0 Å². The predicted molar refractivity (Wildman–Crippen MR) is 124 cm³/mol. The number of halogens is 1. The molecule has 2 N–H and O–H groups in total. The minimum atomic E-state index is -0.0276. The van der Waals surface area contributed by atoms with Gasteiger partial charge in [0.1, 0.15) is 18.7 Å². The van der Waals surface area contributed by atoms with Crippen molar-refractivity contribution in [3.63, 3.8) is 0 Å². The normalized spacial score (nSPS) is 10.9. The first kappa shape index (κ1) is 24.8. The molecule has 0 aliphatic carbocycles. The van der Waals surface area contributed by atoms with Gasteiger partial charge in [0.2, 0.25) is 5.91 Å². The average molecular weight is 514 g/mol. The number of aliphatic imine (C=N–C) groups is 1. The maximum atomic E-state index is 12.3. The number of pyridine rings is 1. The average Bonchev–Trinajstić information content (AvgIpc) is 3.18. The molecule has 2 heterocycles. The molecule has 0 aromatic carbocycles. The fraction of sp³-hybridized carbons (Fsp3) is 0.526. The van der Waals surface area contributed by atoms with E-state index >= 15 is 0 Å².